The topological polar surface area (TPSA) is 3.24 Å². The van der Waals surface area contributed by atoms with Crippen molar-refractivity contribution in [3.8, 4) is 0 Å². The summed E-state index contributed by atoms with van der Waals surface area (Å²) in [4.78, 5) is 2.53. The maximum atomic E-state index is 2.53. The molecule has 1 aromatic rings. The lowest BCUT2D eigenvalue weighted by Gasteiger charge is -2.17. The molecule has 0 aliphatic heterocycles. The molecule has 0 spiro atoms. The van der Waals surface area contributed by atoms with Gasteiger partial charge in [-0.15, -0.1) is 12.4 Å². The van der Waals surface area contributed by atoms with Gasteiger partial charge in [-0.2, -0.15) is 0 Å². The highest BCUT2D eigenvalue weighted by Gasteiger charge is 1.98. The number of hydrogen-bond acceptors (Lipinski definition) is 1. The Kier molecular flexibility index (Phi) is 15.0. The number of nitrogens with zero attached hydrogens (tertiary/aromatic N) is 1. The monoisotopic (exact) mass is 325 g/mol. The summed E-state index contributed by atoms with van der Waals surface area (Å²) in [7, 11) is 0. The highest BCUT2D eigenvalue weighted by molar-refractivity contribution is 5.85. The molecular formula is C20H36ClN. The Labute approximate surface area is 144 Å². The summed E-state index contributed by atoms with van der Waals surface area (Å²) in [5.74, 6) is 0. The van der Waals surface area contributed by atoms with Gasteiger partial charge < -0.3 is 4.90 Å². The largest absolute Gasteiger partial charge is 0.304 e. The van der Waals surface area contributed by atoms with Crippen LogP contribution in [0.25, 0.3) is 0 Å². The van der Waals surface area contributed by atoms with E-state index in [1.807, 2.05) is 0 Å². The first-order valence-electron chi connectivity index (χ1n) is 9.13. The van der Waals surface area contributed by atoms with Crippen LogP contribution in [0.3, 0.4) is 0 Å². The van der Waals surface area contributed by atoms with E-state index in [2.05, 4.69) is 49.1 Å². The van der Waals surface area contributed by atoms with Gasteiger partial charge in [-0.1, -0.05) is 82.7 Å². The fraction of sp³-hybridized carbons (Fsp3) is 0.700. The summed E-state index contributed by atoms with van der Waals surface area (Å²) < 4.78 is 0. The molecule has 0 aromatic heterocycles. The molecule has 0 atom stereocenters. The zero-order valence-corrected chi connectivity index (χ0v) is 15.5. The molecule has 0 saturated carbocycles. The second-order valence-corrected chi connectivity index (χ2v) is 6.09. The quantitative estimate of drug-likeness (QED) is 0.395. The van der Waals surface area contributed by atoms with Crippen LogP contribution in [0.5, 0.6) is 0 Å². The normalized spacial score (nSPS) is 10.7. The molecule has 0 radical (unpaired) electrons. The minimum atomic E-state index is 0. The number of aryl methyl sites for hydroxylation is 1. The lowest BCUT2D eigenvalue weighted by molar-refractivity contribution is 0.295. The Hall–Kier alpha value is -0.530. The molecule has 0 amide bonds. The van der Waals surface area contributed by atoms with Crippen molar-refractivity contribution in [1.82, 2.24) is 4.90 Å². The van der Waals surface area contributed by atoms with Crippen molar-refractivity contribution in [2.45, 2.75) is 71.6 Å². The summed E-state index contributed by atoms with van der Waals surface area (Å²) >= 11 is 0. The summed E-state index contributed by atoms with van der Waals surface area (Å²) in [6.07, 6.45) is 12.5. The van der Waals surface area contributed by atoms with E-state index in [-0.39, 0.29) is 12.4 Å². The van der Waals surface area contributed by atoms with E-state index >= 15 is 0 Å². The minimum Gasteiger partial charge on any atom is -0.304 e. The summed E-state index contributed by atoms with van der Waals surface area (Å²) in [5, 5.41) is 0. The van der Waals surface area contributed by atoms with Crippen LogP contribution in [-0.2, 0) is 6.42 Å². The predicted molar refractivity (Wildman–Crippen MR) is 102 cm³/mol. The van der Waals surface area contributed by atoms with Crippen LogP contribution >= 0.6 is 12.4 Å². The number of rotatable bonds is 13. The number of hydrogen-bond donors (Lipinski definition) is 0. The van der Waals surface area contributed by atoms with Crippen molar-refractivity contribution >= 4 is 12.4 Å². The Morgan fingerprint density at radius 1 is 0.682 bits per heavy atom. The predicted octanol–water partition coefficient (Wildman–Crippen LogP) is 6.11. The van der Waals surface area contributed by atoms with E-state index in [0.29, 0.717) is 0 Å². The molecule has 0 unspecified atom stereocenters. The molecule has 22 heavy (non-hydrogen) atoms. The molecule has 0 aliphatic carbocycles. The maximum Gasteiger partial charge on any atom is -0.00190 e. The van der Waals surface area contributed by atoms with E-state index in [0.717, 1.165) is 0 Å². The van der Waals surface area contributed by atoms with Gasteiger partial charge in [-0.3, -0.25) is 0 Å². The van der Waals surface area contributed by atoms with Gasteiger partial charge in [0.15, 0.2) is 0 Å². The molecule has 0 saturated heterocycles. The third kappa shape index (κ3) is 11.1. The molecule has 0 fully saturated rings. The van der Waals surface area contributed by atoms with Crippen molar-refractivity contribution in [2.75, 3.05) is 19.6 Å². The first kappa shape index (κ1) is 21.5. The SMILES string of the molecule is CCN(CC)CCCCCCCCCCc1ccccc1.Cl. The molecule has 128 valence electrons. The molecule has 1 nitrogen and oxygen atoms in total. The van der Waals surface area contributed by atoms with E-state index in [9.17, 15) is 0 Å². The Bertz CT molecular complexity index is 322. The molecule has 1 aromatic carbocycles. The highest BCUT2D eigenvalue weighted by Crippen LogP contribution is 2.11. The average Bonchev–Trinajstić information content (AvgIpc) is 2.54. The minimum absolute atomic E-state index is 0. The summed E-state index contributed by atoms with van der Waals surface area (Å²) in [6, 6.07) is 10.9. The standard InChI is InChI=1S/C20H35N.ClH/c1-3-21(4-2)19-15-10-8-6-5-7-9-12-16-20-17-13-11-14-18-20;/h11,13-14,17-18H,3-10,12,15-16,19H2,1-2H3;1H. The lowest BCUT2D eigenvalue weighted by Crippen LogP contribution is -2.23. The Balaban J connectivity index is 0.00000441. The van der Waals surface area contributed by atoms with E-state index in [1.165, 1.54) is 83.0 Å². The van der Waals surface area contributed by atoms with Gasteiger partial charge in [-0.25, -0.2) is 0 Å². The van der Waals surface area contributed by atoms with Gasteiger partial charge in [0.2, 0.25) is 0 Å². The highest BCUT2D eigenvalue weighted by atomic mass is 35.5. The van der Waals surface area contributed by atoms with Crippen LogP contribution in [0.1, 0.15) is 70.8 Å². The number of unbranched alkanes of at least 4 members (excludes halogenated alkanes) is 7. The Morgan fingerprint density at radius 3 is 1.73 bits per heavy atom. The first-order valence-corrected chi connectivity index (χ1v) is 9.13. The van der Waals surface area contributed by atoms with Gasteiger partial charge in [0.1, 0.15) is 0 Å². The van der Waals surface area contributed by atoms with Crippen LogP contribution in [0.2, 0.25) is 0 Å². The molecule has 1 rings (SSSR count). The zero-order valence-electron chi connectivity index (χ0n) is 14.7. The van der Waals surface area contributed by atoms with Crippen molar-refractivity contribution in [3.63, 3.8) is 0 Å². The van der Waals surface area contributed by atoms with Gasteiger partial charge in [-0.05, 0) is 44.5 Å². The smallest absolute Gasteiger partial charge is 0.00190 e. The molecule has 0 N–H and O–H groups in total. The third-order valence-electron chi connectivity index (χ3n) is 4.43. The van der Waals surface area contributed by atoms with Gasteiger partial charge in [0.25, 0.3) is 0 Å². The zero-order chi connectivity index (χ0) is 15.2. The third-order valence-corrected chi connectivity index (χ3v) is 4.43. The second kappa shape index (κ2) is 15.4. The summed E-state index contributed by atoms with van der Waals surface area (Å²) in [6.45, 7) is 8.23. The van der Waals surface area contributed by atoms with Gasteiger partial charge in [0, 0.05) is 0 Å². The van der Waals surface area contributed by atoms with Crippen molar-refractivity contribution < 1.29 is 0 Å². The molecule has 2 heteroatoms. The van der Waals surface area contributed by atoms with Crippen LogP contribution in [0.4, 0.5) is 0 Å². The van der Waals surface area contributed by atoms with Crippen LogP contribution < -0.4 is 0 Å². The summed E-state index contributed by atoms with van der Waals surface area (Å²) in [5.41, 5.74) is 1.49. The van der Waals surface area contributed by atoms with Gasteiger partial charge in [0.05, 0.1) is 0 Å². The first-order chi connectivity index (χ1) is 10.4. The van der Waals surface area contributed by atoms with E-state index in [4.69, 9.17) is 0 Å². The fourth-order valence-corrected chi connectivity index (χ4v) is 2.91. The van der Waals surface area contributed by atoms with Crippen LogP contribution in [0, 0.1) is 0 Å². The van der Waals surface area contributed by atoms with E-state index in [1.54, 1.807) is 0 Å². The van der Waals surface area contributed by atoms with Crippen LogP contribution in [-0.4, -0.2) is 24.5 Å². The van der Waals surface area contributed by atoms with Crippen molar-refractivity contribution in [3.05, 3.63) is 35.9 Å². The second-order valence-electron chi connectivity index (χ2n) is 6.09. The van der Waals surface area contributed by atoms with Crippen molar-refractivity contribution in [1.29, 1.82) is 0 Å². The average molecular weight is 326 g/mol. The molecule has 0 heterocycles. The number of benzene rings is 1. The molecule has 0 aliphatic rings. The molecular weight excluding hydrogens is 290 g/mol. The maximum absolute atomic E-state index is 2.53. The fourth-order valence-electron chi connectivity index (χ4n) is 2.91. The van der Waals surface area contributed by atoms with E-state index < -0.39 is 0 Å². The van der Waals surface area contributed by atoms with Crippen LogP contribution in [0.15, 0.2) is 30.3 Å². The Morgan fingerprint density at radius 2 is 1.18 bits per heavy atom. The lowest BCUT2D eigenvalue weighted by atomic mass is 10.0. The number of halogens is 1. The molecule has 0 bridgehead atoms. The van der Waals surface area contributed by atoms with Crippen molar-refractivity contribution in [2.24, 2.45) is 0 Å². The van der Waals surface area contributed by atoms with Gasteiger partial charge >= 0.3 is 0 Å².